The Morgan fingerprint density at radius 1 is 1.06 bits per heavy atom. The third-order valence-electron chi connectivity index (χ3n) is 5.11. The van der Waals surface area contributed by atoms with E-state index in [1.54, 1.807) is 0 Å². The summed E-state index contributed by atoms with van der Waals surface area (Å²) in [6.45, 7) is 5.90. The Bertz CT molecular complexity index is 995. The van der Waals surface area contributed by atoms with Gasteiger partial charge in [-0.1, -0.05) is 17.7 Å². The third kappa shape index (κ3) is 5.68. The van der Waals surface area contributed by atoms with Crippen LogP contribution >= 0.6 is 0 Å². The summed E-state index contributed by atoms with van der Waals surface area (Å²) in [5, 5.41) is 11.1. The molecule has 0 unspecified atom stereocenters. The van der Waals surface area contributed by atoms with Crippen molar-refractivity contribution in [2.24, 2.45) is 0 Å². The molecule has 1 aliphatic rings. The minimum Gasteiger partial charge on any atom is -0.419 e. The molecule has 31 heavy (non-hydrogen) atoms. The number of nitrogens with one attached hydrogen (secondary N) is 1. The summed E-state index contributed by atoms with van der Waals surface area (Å²) in [6.07, 6.45) is 0. The predicted octanol–water partition coefficient (Wildman–Crippen LogP) is 2.95. The second kappa shape index (κ2) is 9.72. The van der Waals surface area contributed by atoms with Gasteiger partial charge in [0.25, 0.3) is 0 Å². The van der Waals surface area contributed by atoms with Gasteiger partial charge in [-0.15, -0.1) is 10.2 Å². The van der Waals surface area contributed by atoms with Crippen LogP contribution in [0.3, 0.4) is 0 Å². The van der Waals surface area contributed by atoms with E-state index in [0.717, 1.165) is 43.2 Å². The Kier molecular flexibility index (Phi) is 6.59. The molecule has 162 valence electrons. The molecule has 1 N–H and O–H groups in total. The van der Waals surface area contributed by atoms with Gasteiger partial charge in [-0.25, -0.2) is 0 Å². The molecule has 0 aliphatic carbocycles. The molecule has 4 rings (SSSR count). The zero-order valence-corrected chi connectivity index (χ0v) is 17.9. The molecule has 1 aliphatic heterocycles. The molecular weight excluding hydrogens is 394 g/mol. The molecule has 0 saturated carbocycles. The number of likely N-dealkylation sites (N-methyl/N-ethyl adjacent to an activating group) is 1. The third-order valence-corrected chi connectivity index (χ3v) is 5.11. The van der Waals surface area contributed by atoms with Crippen molar-refractivity contribution in [2.45, 2.75) is 13.5 Å². The molecule has 8 nitrogen and oxygen atoms in total. The summed E-state index contributed by atoms with van der Waals surface area (Å²) < 4.78 is 11.1. The fourth-order valence-electron chi connectivity index (χ4n) is 3.44. The van der Waals surface area contributed by atoms with Gasteiger partial charge in [-0.3, -0.25) is 9.69 Å². The SMILES string of the molecule is Cc1ccc(-c2nnc(CN(C)CC(=O)Nc3ccc(N4CCOCC4)cc3)o2)cc1. The molecular formula is C23H27N5O3. The Morgan fingerprint density at radius 2 is 1.77 bits per heavy atom. The number of aryl methyl sites for hydroxylation is 1. The number of benzene rings is 2. The molecule has 1 fully saturated rings. The van der Waals surface area contributed by atoms with E-state index in [1.807, 2.05) is 67.4 Å². The van der Waals surface area contributed by atoms with Gasteiger partial charge >= 0.3 is 0 Å². The van der Waals surface area contributed by atoms with Gasteiger partial charge in [-0.05, 0) is 50.4 Å². The molecule has 2 aromatic carbocycles. The number of anilines is 2. The van der Waals surface area contributed by atoms with Crippen LogP contribution in [0.25, 0.3) is 11.5 Å². The number of amides is 1. The molecule has 3 aromatic rings. The highest BCUT2D eigenvalue weighted by Gasteiger charge is 2.14. The van der Waals surface area contributed by atoms with Gasteiger partial charge in [0.1, 0.15) is 0 Å². The first kappa shape index (κ1) is 21.0. The van der Waals surface area contributed by atoms with E-state index in [1.165, 1.54) is 5.56 Å². The lowest BCUT2D eigenvalue weighted by Crippen LogP contribution is -2.36. The van der Waals surface area contributed by atoms with Gasteiger partial charge in [0, 0.05) is 30.0 Å². The number of carbonyl (C=O) groups excluding carboxylic acids is 1. The normalized spacial score (nSPS) is 14.1. The average molecular weight is 422 g/mol. The number of ether oxygens (including phenoxy) is 1. The topological polar surface area (TPSA) is 83.7 Å². The van der Waals surface area contributed by atoms with Crippen molar-refractivity contribution in [2.75, 3.05) is 50.1 Å². The molecule has 0 radical (unpaired) electrons. The van der Waals surface area contributed by atoms with Crippen LogP contribution in [-0.2, 0) is 16.1 Å². The van der Waals surface area contributed by atoms with Crippen molar-refractivity contribution in [3.05, 3.63) is 60.0 Å². The number of carbonyl (C=O) groups is 1. The minimum atomic E-state index is -0.0973. The Labute approximate surface area is 181 Å². The lowest BCUT2D eigenvalue weighted by molar-refractivity contribution is -0.117. The van der Waals surface area contributed by atoms with Gasteiger partial charge < -0.3 is 19.4 Å². The summed E-state index contributed by atoms with van der Waals surface area (Å²) in [4.78, 5) is 16.5. The van der Waals surface area contributed by atoms with Crippen LogP contribution in [0.1, 0.15) is 11.5 Å². The maximum atomic E-state index is 12.4. The number of morpholine rings is 1. The van der Waals surface area contributed by atoms with Crippen molar-refractivity contribution < 1.29 is 13.9 Å². The standard InChI is InChI=1S/C23H27N5O3/c1-17-3-5-18(6-4-17)23-26-25-22(31-23)16-27(2)15-21(29)24-19-7-9-20(10-8-19)28-11-13-30-14-12-28/h3-10H,11-16H2,1-2H3,(H,24,29). The Morgan fingerprint density at radius 3 is 2.48 bits per heavy atom. The summed E-state index contributed by atoms with van der Waals surface area (Å²) in [7, 11) is 1.84. The van der Waals surface area contributed by atoms with Crippen LogP contribution in [0.4, 0.5) is 11.4 Å². The van der Waals surface area contributed by atoms with E-state index in [2.05, 4.69) is 20.4 Å². The number of rotatable bonds is 7. The molecule has 2 heterocycles. The summed E-state index contributed by atoms with van der Waals surface area (Å²) in [6, 6.07) is 15.8. The predicted molar refractivity (Wildman–Crippen MR) is 119 cm³/mol. The first-order valence-corrected chi connectivity index (χ1v) is 10.4. The van der Waals surface area contributed by atoms with Gasteiger partial charge in [0.2, 0.25) is 17.7 Å². The highest BCUT2D eigenvalue weighted by Crippen LogP contribution is 2.20. The Hall–Kier alpha value is -3.23. The van der Waals surface area contributed by atoms with Crippen molar-refractivity contribution in [1.82, 2.24) is 15.1 Å². The molecule has 0 atom stereocenters. The molecule has 0 spiro atoms. The molecule has 0 bridgehead atoms. The van der Waals surface area contributed by atoms with Crippen molar-refractivity contribution >= 4 is 17.3 Å². The van der Waals surface area contributed by atoms with Crippen LogP contribution in [-0.4, -0.2) is 60.9 Å². The summed E-state index contributed by atoms with van der Waals surface area (Å²) in [5.41, 5.74) is 3.96. The molecule has 8 heteroatoms. The van der Waals surface area contributed by atoms with Crippen LogP contribution < -0.4 is 10.2 Å². The van der Waals surface area contributed by atoms with Crippen molar-refractivity contribution in [3.8, 4) is 11.5 Å². The number of nitrogens with zero attached hydrogens (tertiary/aromatic N) is 4. The van der Waals surface area contributed by atoms with E-state index in [0.29, 0.717) is 18.3 Å². The van der Waals surface area contributed by atoms with E-state index in [9.17, 15) is 4.79 Å². The van der Waals surface area contributed by atoms with E-state index >= 15 is 0 Å². The molecule has 1 amide bonds. The number of hydrogen-bond donors (Lipinski definition) is 1. The maximum absolute atomic E-state index is 12.4. The van der Waals surface area contributed by atoms with E-state index in [-0.39, 0.29) is 12.5 Å². The summed E-state index contributed by atoms with van der Waals surface area (Å²) in [5.74, 6) is 0.855. The molecule has 1 saturated heterocycles. The molecule has 1 aromatic heterocycles. The first-order chi connectivity index (χ1) is 15.1. The highest BCUT2D eigenvalue weighted by atomic mass is 16.5. The zero-order valence-electron chi connectivity index (χ0n) is 17.9. The summed E-state index contributed by atoms with van der Waals surface area (Å²) >= 11 is 0. The number of hydrogen-bond acceptors (Lipinski definition) is 7. The second-order valence-corrected chi connectivity index (χ2v) is 7.73. The van der Waals surface area contributed by atoms with Crippen molar-refractivity contribution in [3.63, 3.8) is 0 Å². The quantitative estimate of drug-likeness (QED) is 0.628. The first-order valence-electron chi connectivity index (χ1n) is 10.4. The van der Waals surface area contributed by atoms with E-state index in [4.69, 9.17) is 9.15 Å². The highest BCUT2D eigenvalue weighted by molar-refractivity contribution is 5.92. The largest absolute Gasteiger partial charge is 0.419 e. The fraction of sp³-hybridized carbons (Fsp3) is 0.348. The van der Waals surface area contributed by atoms with Gasteiger partial charge in [0.15, 0.2) is 0 Å². The zero-order chi connectivity index (χ0) is 21.6. The minimum absolute atomic E-state index is 0.0973. The Balaban J connectivity index is 1.27. The number of aromatic nitrogens is 2. The van der Waals surface area contributed by atoms with Crippen molar-refractivity contribution in [1.29, 1.82) is 0 Å². The lowest BCUT2D eigenvalue weighted by atomic mass is 10.1. The van der Waals surface area contributed by atoms with E-state index < -0.39 is 0 Å². The van der Waals surface area contributed by atoms with Crippen LogP contribution in [0.5, 0.6) is 0 Å². The second-order valence-electron chi connectivity index (χ2n) is 7.73. The fourth-order valence-corrected chi connectivity index (χ4v) is 3.44. The lowest BCUT2D eigenvalue weighted by Gasteiger charge is -2.28. The maximum Gasteiger partial charge on any atom is 0.247 e. The monoisotopic (exact) mass is 421 g/mol. The average Bonchev–Trinajstić information content (AvgIpc) is 3.23. The van der Waals surface area contributed by atoms with Gasteiger partial charge in [0.05, 0.1) is 26.3 Å². The van der Waals surface area contributed by atoms with Crippen LogP contribution in [0.2, 0.25) is 0 Å². The van der Waals surface area contributed by atoms with Crippen LogP contribution in [0, 0.1) is 6.92 Å². The van der Waals surface area contributed by atoms with Crippen LogP contribution in [0.15, 0.2) is 52.9 Å². The smallest absolute Gasteiger partial charge is 0.247 e. The van der Waals surface area contributed by atoms with Gasteiger partial charge in [-0.2, -0.15) is 0 Å².